The van der Waals surface area contributed by atoms with Crippen LogP contribution in [0, 0.1) is 13.8 Å². The zero-order valence-corrected chi connectivity index (χ0v) is 15.5. The molecular formula is C22H28N2O. The number of benzene rings is 2. The van der Waals surface area contributed by atoms with Crippen LogP contribution < -0.4 is 10.5 Å². The van der Waals surface area contributed by atoms with Crippen molar-refractivity contribution in [3.63, 3.8) is 0 Å². The van der Waals surface area contributed by atoms with Crippen molar-refractivity contribution in [1.82, 2.24) is 4.98 Å². The van der Waals surface area contributed by atoms with E-state index in [-0.39, 0.29) is 0 Å². The monoisotopic (exact) mass is 336 g/mol. The van der Waals surface area contributed by atoms with Crippen LogP contribution in [0.1, 0.15) is 36.5 Å². The first-order chi connectivity index (χ1) is 12.1. The summed E-state index contributed by atoms with van der Waals surface area (Å²) in [5, 5.41) is 1.35. The first kappa shape index (κ1) is 17.6. The van der Waals surface area contributed by atoms with E-state index in [0.717, 1.165) is 31.6 Å². The standard InChI is InChI=1S/C22H28N2O/c1-4-25-18-10-8-17(9-11-18)22-19(7-5-6-12-23)20-14-15(2)13-16(3)21(20)24-22/h8-11,13-14,24H,4-7,12,23H2,1-3H3. The van der Waals surface area contributed by atoms with E-state index in [9.17, 15) is 0 Å². The van der Waals surface area contributed by atoms with E-state index in [1.807, 2.05) is 19.1 Å². The average Bonchev–Trinajstić information content (AvgIpc) is 2.95. The number of aryl methyl sites for hydroxylation is 3. The van der Waals surface area contributed by atoms with Gasteiger partial charge in [-0.3, -0.25) is 0 Å². The first-order valence-electron chi connectivity index (χ1n) is 9.19. The Morgan fingerprint density at radius 2 is 1.80 bits per heavy atom. The molecule has 3 heteroatoms. The maximum atomic E-state index is 5.70. The highest BCUT2D eigenvalue weighted by Gasteiger charge is 2.15. The molecule has 1 aromatic heterocycles. The molecule has 0 atom stereocenters. The predicted molar refractivity (Wildman–Crippen MR) is 106 cm³/mol. The van der Waals surface area contributed by atoms with E-state index in [2.05, 4.69) is 43.1 Å². The van der Waals surface area contributed by atoms with Crippen LogP contribution >= 0.6 is 0 Å². The molecule has 0 bridgehead atoms. The van der Waals surface area contributed by atoms with E-state index < -0.39 is 0 Å². The lowest BCUT2D eigenvalue weighted by molar-refractivity contribution is 0.340. The topological polar surface area (TPSA) is 51.0 Å². The summed E-state index contributed by atoms with van der Waals surface area (Å²) in [4.78, 5) is 3.68. The fraction of sp³-hybridized carbons (Fsp3) is 0.364. The third-order valence-electron chi connectivity index (χ3n) is 4.69. The van der Waals surface area contributed by atoms with Crippen molar-refractivity contribution in [1.29, 1.82) is 0 Å². The van der Waals surface area contributed by atoms with Crippen molar-refractivity contribution in [2.45, 2.75) is 40.0 Å². The van der Waals surface area contributed by atoms with E-state index >= 15 is 0 Å². The van der Waals surface area contributed by atoms with Gasteiger partial charge in [0.2, 0.25) is 0 Å². The van der Waals surface area contributed by atoms with E-state index in [4.69, 9.17) is 10.5 Å². The number of unbranched alkanes of at least 4 members (excludes halogenated alkanes) is 1. The molecule has 3 N–H and O–H groups in total. The lowest BCUT2D eigenvalue weighted by atomic mass is 9.98. The second-order valence-electron chi connectivity index (χ2n) is 6.69. The first-order valence-corrected chi connectivity index (χ1v) is 9.19. The molecule has 0 radical (unpaired) electrons. The second kappa shape index (κ2) is 7.75. The maximum absolute atomic E-state index is 5.70. The second-order valence-corrected chi connectivity index (χ2v) is 6.69. The zero-order chi connectivity index (χ0) is 17.8. The van der Waals surface area contributed by atoms with Crippen molar-refractivity contribution < 1.29 is 4.74 Å². The molecule has 0 saturated carbocycles. The van der Waals surface area contributed by atoms with Gasteiger partial charge in [0.25, 0.3) is 0 Å². The number of fused-ring (bicyclic) bond motifs is 1. The van der Waals surface area contributed by atoms with Crippen LogP contribution in [0.15, 0.2) is 36.4 Å². The molecule has 0 spiro atoms. The average molecular weight is 336 g/mol. The molecule has 0 fully saturated rings. The van der Waals surface area contributed by atoms with Crippen LogP contribution in [0.4, 0.5) is 0 Å². The fourth-order valence-electron chi connectivity index (χ4n) is 3.54. The number of nitrogens with one attached hydrogen (secondary N) is 1. The van der Waals surface area contributed by atoms with Gasteiger partial charge in [-0.2, -0.15) is 0 Å². The van der Waals surface area contributed by atoms with E-state index in [1.165, 1.54) is 38.9 Å². The minimum Gasteiger partial charge on any atom is -0.494 e. The van der Waals surface area contributed by atoms with Gasteiger partial charge < -0.3 is 15.5 Å². The van der Waals surface area contributed by atoms with Crippen molar-refractivity contribution >= 4 is 10.9 Å². The van der Waals surface area contributed by atoms with Gasteiger partial charge in [0.05, 0.1) is 6.61 Å². The minimum absolute atomic E-state index is 0.689. The van der Waals surface area contributed by atoms with Crippen LogP contribution in [-0.2, 0) is 6.42 Å². The van der Waals surface area contributed by atoms with E-state index in [1.54, 1.807) is 0 Å². The molecule has 3 rings (SSSR count). The van der Waals surface area contributed by atoms with Crippen LogP contribution in [0.5, 0.6) is 5.75 Å². The van der Waals surface area contributed by atoms with Gasteiger partial charge in [-0.05, 0) is 93.6 Å². The van der Waals surface area contributed by atoms with Gasteiger partial charge in [0.15, 0.2) is 0 Å². The molecule has 2 aromatic carbocycles. The Morgan fingerprint density at radius 3 is 2.48 bits per heavy atom. The SMILES string of the molecule is CCOc1ccc(-c2[nH]c3c(C)cc(C)cc3c2CCCCN)cc1. The van der Waals surface area contributed by atoms with Gasteiger partial charge in [-0.1, -0.05) is 11.6 Å². The number of hydrogen-bond acceptors (Lipinski definition) is 2. The molecule has 0 unspecified atom stereocenters. The van der Waals surface area contributed by atoms with Gasteiger partial charge in [-0.15, -0.1) is 0 Å². The lowest BCUT2D eigenvalue weighted by Crippen LogP contribution is -1.99. The quantitative estimate of drug-likeness (QED) is 0.588. The Morgan fingerprint density at radius 1 is 1.04 bits per heavy atom. The van der Waals surface area contributed by atoms with Gasteiger partial charge >= 0.3 is 0 Å². The molecular weight excluding hydrogens is 308 g/mol. The van der Waals surface area contributed by atoms with Crippen molar-refractivity contribution in [3.05, 3.63) is 53.1 Å². The molecule has 0 amide bonds. The van der Waals surface area contributed by atoms with Crippen LogP contribution in [-0.4, -0.2) is 18.1 Å². The summed E-state index contributed by atoms with van der Waals surface area (Å²) in [6.45, 7) is 7.79. The molecule has 1 heterocycles. The molecule has 0 aliphatic carbocycles. The number of H-pyrrole nitrogens is 1. The lowest BCUT2D eigenvalue weighted by Gasteiger charge is -2.07. The fourth-order valence-corrected chi connectivity index (χ4v) is 3.54. The summed E-state index contributed by atoms with van der Waals surface area (Å²) in [5.74, 6) is 0.916. The van der Waals surface area contributed by atoms with Gasteiger partial charge in [-0.25, -0.2) is 0 Å². The highest BCUT2D eigenvalue weighted by atomic mass is 16.5. The molecule has 3 aromatic rings. The third kappa shape index (κ3) is 3.72. The normalized spacial score (nSPS) is 11.2. The molecule has 0 saturated heterocycles. The minimum atomic E-state index is 0.689. The van der Waals surface area contributed by atoms with Gasteiger partial charge in [0, 0.05) is 16.6 Å². The molecule has 3 nitrogen and oxygen atoms in total. The Kier molecular flexibility index (Phi) is 5.44. The summed E-state index contributed by atoms with van der Waals surface area (Å²) in [6, 6.07) is 12.9. The molecule has 0 aliphatic rings. The smallest absolute Gasteiger partial charge is 0.119 e. The summed E-state index contributed by atoms with van der Waals surface area (Å²) in [7, 11) is 0. The number of rotatable bonds is 7. The maximum Gasteiger partial charge on any atom is 0.119 e. The molecule has 25 heavy (non-hydrogen) atoms. The summed E-state index contributed by atoms with van der Waals surface area (Å²) in [6.07, 6.45) is 3.21. The Hall–Kier alpha value is -2.26. The largest absolute Gasteiger partial charge is 0.494 e. The van der Waals surface area contributed by atoms with Gasteiger partial charge in [0.1, 0.15) is 5.75 Å². The third-order valence-corrected chi connectivity index (χ3v) is 4.69. The van der Waals surface area contributed by atoms with E-state index in [0.29, 0.717) is 6.61 Å². The Labute approximate surface area is 150 Å². The Bertz CT molecular complexity index is 847. The van der Waals surface area contributed by atoms with Crippen LogP contribution in [0.3, 0.4) is 0 Å². The highest BCUT2D eigenvalue weighted by Crippen LogP contribution is 2.34. The Balaban J connectivity index is 2.08. The molecule has 0 aliphatic heterocycles. The number of nitrogens with two attached hydrogens (primary N) is 1. The van der Waals surface area contributed by atoms with Crippen LogP contribution in [0.25, 0.3) is 22.2 Å². The molecule has 132 valence electrons. The number of aromatic nitrogens is 1. The number of aromatic amines is 1. The predicted octanol–water partition coefficient (Wildman–Crippen LogP) is 5.13. The zero-order valence-electron chi connectivity index (χ0n) is 15.5. The van der Waals surface area contributed by atoms with Crippen LogP contribution in [0.2, 0.25) is 0 Å². The van der Waals surface area contributed by atoms with Crippen molar-refractivity contribution in [3.8, 4) is 17.0 Å². The van der Waals surface area contributed by atoms with Crippen molar-refractivity contribution in [2.75, 3.05) is 13.2 Å². The summed E-state index contributed by atoms with van der Waals surface area (Å²) < 4.78 is 5.58. The summed E-state index contributed by atoms with van der Waals surface area (Å²) in [5.41, 5.74) is 13.4. The highest BCUT2D eigenvalue weighted by molar-refractivity contribution is 5.93. The number of ether oxygens (including phenoxy) is 1. The van der Waals surface area contributed by atoms with Crippen molar-refractivity contribution in [2.24, 2.45) is 5.73 Å². The summed E-state index contributed by atoms with van der Waals surface area (Å²) >= 11 is 0. The number of hydrogen-bond donors (Lipinski definition) is 2.